The Bertz CT molecular complexity index is 288. The van der Waals surface area contributed by atoms with E-state index in [1.807, 2.05) is 0 Å². The summed E-state index contributed by atoms with van der Waals surface area (Å²) in [5.41, 5.74) is 0.437. The van der Waals surface area contributed by atoms with Crippen LogP contribution in [0.1, 0.15) is 77.6 Å². The zero-order valence-corrected chi connectivity index (χ0v) is 12.3. The molecule has 0 aromatic rings. The standard InChI is InChI=1S/C17H28F2/c1-2-3-4-5-6-13-7-9-14(10-8-13)15-11-16(12-15)17(18)19/h13-15H,2-12H2,1H3/t13-,14-. The monoisotopic (exact) mass is 270 g/mol. The van der Waals surface area contributed by atoms with E-state index in [2.05, 4.69) is 6.92 Å². The first-order valence-electron chi connectivity index (χ1n) is 8.23. The van der Waals surface area contributed by atoms with E-state index >= 15 is 0 Å². The van der Waals surface area contributed by atoms with Crippen LogP contribution in [0.15, 0.2) is 11.7 Å². The minimum atomic E-state index is -1.40. The first kappa shape index (κ1) is 15.0. The molecule has 0 heterocycles. The molecule has 0 unspecified atom stereocenters. The van der Waals surface area contributed by atoms with Crippen molar-refractivity contribution in [3.05, 3.63) is 11.7 Å². The summed E-state index contributed by atoms with van der Waals surface area (Å²) in [6.45, 7) is 2.26. The zero-order chi connectivity index (χ0) is 13.7. The Morgan fingerprint density at radius 2 is 1.63 bits per heavy atom. The van der Waals surface area contributed by atoms with E-state index in [4.69, 9.17) is 0 Å². The van der Waals surface area contributed by atoms with Gasteiger partial charge in [0.05, 0.1) is 0 Å². The van der Waals surface area contributed by atoms with Crippen molar-refractivity contribution in [3.8, 4) is 0 Å². The molecule has 0 radical (unpaired) electrons. The minimum Gasteiger partial charge on any atom is -0.173 e. The highest BCUT2D eigenvalue weighted by Gasteiger charge is 2.35. The highest BCUT2D eigenvalue weighted by molar-refractivity contribution is 5.14. The van der Waals surface area contributed by atoms with Crippen LogP contribution >= 0.6 is 0 Å². The van der Waals surface area contributed by atoms with Crippen molar-refractivity contribution in [1.82, 2.24) is 0 Å². The molecule has 0 bridgehead atoms. The molecule has 0 spiro atoms. The Hall–Kier alpha value is -0.400. The van der Waals surface area contributed by atoms with Crippen LogP contribution in [0.25, 0.3) is 0 Å². The summed E-state index contributed by atoms with van der Waals surface area (Å²) in [5, 5.41) is 0. The van der Waals surface area contributed by atoms with Gasteiger partial charge < -0.3 is 0 Å². The fourth-order valence-corrected chi connectivity index (χ4v) is 3.87. The maximum Gasteiger partial charge on any atom is 0.269 e. The van der Waals surface area contributed by atoms with E-state index in [1.165, 1.54) is 57.8 Å². The average Bonchev–Trinajstić information content (AvgIpc) is 2.34. The van der Waals surface area contributed by atoms with Gasteiger partial charge in [0.25, 0.3) is 6.08 Å². The number of halogens is 2. The van der Waals surface area contributed by atoms with Gasteiger partial charge in [0.15, 0.2) is 0 Å². The topological polar surface area (TPSA) is 0 Å². The van der Waals surface area contributed by atoms with Gasteiger partial charge in [-0.1, -0.05) is 51.9 Å². The van der Waals surface area contributed by atoms with E-state index in [9.17, 15) is 8.78 Å². The lowest BCUT2D eigenvalue weighted by Gasteiger charge is -2.39. The molecule has 0 aromatic carbocycles. The molecule has 19 heavy (non-hydrogen) atoms. The van der Waals surface area contributed by atoms with Crippen LogP contribution in [0.3, 0.4) is 0 Å². The highest BCUT2D eigenvalue weighted by atomic mass is 19.3. The lowest BCUT2D eigenvalue weighted by Crippen LogP contribution is -2.28. The molecule has 2 rings (SSSR count). The fourth-order valence-electron chi connectivity index (χ4n) is 3.87. The van der Waals surface area contributed by atoms with Gasteiger partial charge in [0, 0.05) is 0 Å². The van der Waals surface area contributed by atoms with Gasteiger partial charge in [0.2, 0.25) is 0 Å². The van der Waals surface area contributed by atoms with Crippen LogP contribution in [0, 0.1) is 17.8 Å². The van der Waals surface area contributed by atoms with E-state index in [0.29, 0.717) is 24.3 Å². The van der Waals surface area contributed by atoms with Crippen LogP contribution < -0.4 is 0 Å². The Kier molecular flexibility index (Phi) is 5.84. The lowest BCUT2D eigenvalue weighted by atomic mass is 9.66. The molecule has 0 nitrogen and oxygen atoms in total. The Morgan fingerprint density at radius 3 is 2.21 bits per heavy atom. The number of unbranched alkanes of at least 4 members (excludes halogenated alkanes) is 3. The van der Waals surface area contributed by atoms with E-state index < -0.39 is 6.08 Å². The summed E-state index contributed by atoms with van der Waals surface area (Å²) < 4.78 is 24.7. The molecule has 2 saturated carbocycles. The summed E-state index contributed by atoms with van der Waals surface area (Å²) in [5.74, 6) is 2.26. The predicted molar refractivity (Wildman–Crippen MR) is 76.2 cm³/mol. The summed E-state index contributed by atoms with van der Waals surface area (Å²) in [7, 11) is 0. The summed E-state index contributed by atoms with van der Waals surface area (Å²) in [6.07, 6.45) is 12.2. The van der Waals surface area contributed by atoms with Crippen LogP contribution in [-0.4, -0.2) is 0 Å². The lowest BCUT2D eigenvalue weighted by molar-refractivity contribution is 0.161. The molecule has 0 amide bonds. The average molecular weight is 270 g/mol. The Labute approximate surface area is 116 Å². The number of allylic oxidation sites excluding steroid dienone is 1. The molecule has 2 heteroatoms. The summed E-state index contributed by atoms with van der Waals surface area (Å²) in [6, 6.07) is 0. The van der Waals surface area contributed by atoms with Gasteiger partial charge in [-0.3, -0.25) is 0 Å². The largest absolute Gasteiger partial charge is 0.269 e. The second-order valence-corrected chi connectivity index (χ2v) is 6.66. The van der Waals surface area contributed by atoms with Gasteiger partial charge in [0.1, 0.15) is 0 Å². The smallest absolute Gasteiger partial charge is 0.173 e. The van der Waals surface area contributed by atoms with Crippen molar-refractivity contribution in [1.29, 1.82) is 0 Å². The number of hydrogen-bond acceptors (Lipinski definition) is 0. The van der Waals surface area contributed by atoms with Crippen LogP contribution in [0.5, 0.6) is 0 Å². The molecule has 2 aliphatic rings. The van der Waals surface area contributed by atoms with Crippen molar-refractivity contribution in [2.45, 2.75) is 77.6 Å². The van der Waals surface area contributed by atoms with E-state index in [-0.39, 0.29) is 0 Å². The van der Waals surface area contributed by atoms with Crippen LogP contribution in [0.4, 0.5) is 8.78 Å². The fraction of sp³-hybridized carbons (Fsp3) is 0.882. The quantitative estimate of drug-likeness (QED) is 0.495. The molecule has 0 N–H and O–H groups in total. The molecular formula is C17H28F2. The van der Waals surface area contributed by atoms with Crippen molar-refractivity contribution in [2.75, 3.05) is 0 Å². The second kappa shape index (κ2) is 7.40. The zero-order valence-electron chi connectivity index (χ0n) is 12.3. The first-order chi connectivity index (χ1) is 9.20. The maximum absolute atomic E-state index is 12.4. The molecule has 110 valence electrons. The van der Waals surface area contributed by atoms with Gasteiger partial charge in [-0.25, -0.2) is 0 Å². The third kappa shape index (κ3) is 4.29. The second-order valence-electron chi connectivity index (χ2n) is 6.66. The third-order valence-corrected chi connectivity index (χ3v) is 5.31. The minimum absolute atomic E-state index is 0.437. The van der Waals surface area contributed by atoms with E-state index in [0.717, 1.165) is 11.8 Å². The van der Waals surface area contributed by atoms with Gasteiger partial charge >= 0.3 is 0 Å². The molecule has 2 aliphatic carbocycles. The van der Waals surface area contributed by atoms with Gasteiger partial charge in [-0.2, -0.15) is 8.78 Å². The molecule has 0 atom stereocenters. The maximum atomic E-state index is 12.4. The number of rotatable bonds is 6. The number of hydrogen-bond donors (Lipinski definition) is 0. The molecule has 0 saturated heterocycles. The van der Waals surface area contributed by atoms with Crippen molar-refractivity contribution in [2.24, 2.45) is 17.8 Å². The molecule has 0 aliphatic heterocycles. The van der Waals surface area contributed by atoms with Crippen molar-refractivity contribution >= 4 is 0 Å². The van der Waals surface area contributed by atoms with E-state index in [1.54, 1.807) is 0 Å². The predicted octanol–water partition coefficient (Wildman–Crippen LogP) is 6.32. The SMILES string of the molecule is CCCCCC[C@H]1CC[C@H](C2CC(=C(F)F)C2)CC1. The molecular weight excluding hydrogens is 242 g/mol. The van der Waals surface area contributed by atoms with Gasteiger partial charge in [-0.05, 0) is 49.0 Å². The van der Waals surface area contributed by atoms with Crippen molar-refractivity contribution < 1.29 is 8.78 Å². The normalized spacial score (nSPS) is 31.1. The summed E-state index contributed by atoms with van der Waals surface area (Å²) in [4.78, 5) is 0. The summed E-state index contributed by atoms with van der Waals surface area (Å²) >= 11 is 0. The highest BCUT2D eigenvalue weighted by Crippen LogP contribution is 2.47. The van der Waals surface area contributed by atoms with Crippen LogP contribution in [-0.2, 0) is 0 Å². The Morgan fingerprint density at radius 1 is 0.947 bits per heavy atom. The van der Waals surface area contributed by atoms with Crippen LogP contribution in [0.2, 0.25) is 0 Å². The first-order valence-corrected chi connectivity index (χ1v) is 8.23. The molecule has 0 aromatic heterocycles. The van der Waals surface area contributed by atoms with Gasteiger partial charge in [-0.15, -0.1) is 0 Å². The third-order valence-electron chi connectivity index (χ3n) is 5.31. The Balaban J connectivity index is 1.60. The van der Waals surface area contributed by atoms with Crippen molar-refractivity contribution in [3.63, 3.8) is 0 Å². The molecule has 2 fully saturated rings.